The van der Waals surface area contributed by atoms with Crippen LogP contribution in [0.15, 0.2) is 42.9 Å². The van der Waals surface area contributed by atoms with E-state index in [0.717, 1.165) is 46.7 Å². The van der Waals surface area contributed by atoms with Crippen molar-refractivity contribution < 1.29 is 9.13 Å². The highest BCUT2D eigenvalue weighted by Gasteiger charge is 2.37. The van der Waals surface area contributed by atoms with Crippen LogP contribution in [-0.2, 0) is 11.3 Å². The number of benzene rings is 1. The van der Waals surface area contributed by atoms with Crippen LogP contribution in [-0.4, -0.2) is 26.6 Å². The number of aromatic nitrogens is 4. The van der Waals surface area contributed by atoms with E-state index in [9.17, 15) is 4.39 Å². The van der Waals surface area contributed by atoms with Gasteiger partial charge in [-0.25, -0.2) is 14.4 Å². The highest BCUT2D eigenvalue weighted by atomic mass is 19.1. The zero-order valence-corrected chi connectivity index (χ0v) is 16.9. The molecule has 0 saturated heterocycles. The van der Waals surface area contributed by atoms with Gasteiger partial charge in [-0.05, 0) is 48.7 Å². The fraction of sp³-hybridized carbons (Fsp3) is 0.333. The van der Waals surface area contributed by atoms with E-state index < -0.39 is 0 Å². The average Bonchev–Trinajstić information content (AvgIpc) is 3.33. The van der Waals surface area contributed by atoms with Gasteiger partial charge in [0, 0.05) is 47.5 Å². The Bertz CT molecular complexity index is 1240. The Morgan fingerprint density at radius 2 is 1.97 bits per heavy atom. The lowest BCUT2D eigenvalue weighted by Gasteiger charge is -2.32. The van der Waals surface area contributed by atoms with E-state index in [1.807, 2.05) is 24.7 Å². The number of hydrogen-bond acceptors (Lipinski definition) is 3. The summed E-state index contributed by atoms with van der Waals surface area (Å²) in [5.74, 6) is 0.164. The molecule has 1 fully saturated rings. The Morgan fingerprint density at radius 1 is 1.13 bits per heavy atom. The van der Waals surface area contributed by atoms with Crippen molar-refractivity contribution in [1.29, 1.82) is 0 Å². The normalized spacial score (nSPS) is 20.1. The molecule has 3 aromatic heterocycles. The Balaban J connectivity index is 1.68. The van der Waals surface area contributed by atoms with Crippen LogP contribution in [0, 0.1) is 5.82 Å². The van der Waals surface area contributed by atoms with Gasteiger partial charge in [0.25, 0.3) is 0 Å². The van der Waals surface area contributed by atoms with Crippen molar-refractivity contribution in [2.45, 2.75) is 44.2 Å². The second kappa shape index (κ2) is 6.77. The number of fused-ring (bicyclic) bond motifs is 5. The molecule has 1 saturated carbocycles. The first kappa shape index (κ1) is 17.8. The van der Waals surface area contributed by atoms with E-state index in [2.05, 4.69) is 20.6 Å². The van der Waals surface area contributed by atoms with Gasteiger partial charge in [0.1, 0.15) is 11.5 Å². The summed E-state index contributed by atoms with van der Waals surface area (Å²) in [6.45, 7) is 0.548. The zero-order chi connectivity index (χ0) is 20.2. The molecule has 5 nitrogen and oxygen atoms in total. The minimum Gasteiger partial charge on any atom is -0.378 e. The van der Waals surface area contributed by atoms with Crippen molar-refractivity contribution in [3.63, 3.8) is 0 Å². The van der Waals surface area contributed by atoms with E-state index >= 15 is 0 Å². The number of nitrogens with zero attached hydrogens (tertiary/aromatic N) is 3. The molecular weight excluding hydrogens is 379 g/mol. The molecule has 1 aromatic carbocycles. The van der Waals surface area contributed by atoms with E-state index in [1.165, 1.54) is 35.9 Å². The molecule has 1 aliphatic carbocycles. The number of ether oxygens (including phenoxy) is 1. The van der Waals surface area contributed by atoms with Gasteiger partial charge in [-0.3, -0.25) is 0 Å². The maximum Gasteiger partial charge on any atom is 0.138 e. The smallest absolute Gasteiger partial charge is 0.138 e. The number of imidazole rings is 1. The molecule has 1 N–H and O–H groups in total. The number of methoxy groups -OCH3 is 1. The molecule has 0 spiro atoms. The minimum atomic E-state index is -0.236. The van der Waals surface area contributed by atoms with Crippen molar-refractivity contribution in [2.75, 3.05) is 7.11 Å². The quantitative estimate of drug-likeness (QED) is 0.486. The molecule has 0 radical (unpaired) electrons. The van der Waals surface area contributed by atoms with Crippen molar-refractivity contribution >= 4 is 11.0 Å². The Hall–Kier alpha value is -2.99. The van der Waals surface area contributed by atoms with E-state index in [1.54, 1.807) is 7.11 Å². The van der Waals surface area contributed by atoms with E-state index in [4.69, 9.17) is 9.72 Å². The molecule has 2 unspecified atom stereocenters. The summed E-state index contributed by atoms with van der Waals surface area (Å²) in [5, 5.41) is 1.18. The van der Waals surface area contributed by atoms with E-state index in [0.29, 0.717) is 18.6 Å². The molecule has 0 amide bonds. The lowest BCUT2D eigenvalue weighted by molar-refractivity contribution is 0.179. The van der Waals surface area contributed by atoms with Gasteiger partial charge in [-0.1, -0.05) is 12.8 Å². The van der Waals surface area contributed by atoms with Crippen molar-refractivity contribution in [3.8, 4) is 22.5 Å². The molecule has 30 heavy (non-hydrogen) atoms. The minimum absolute atomic E-state index is 0.236. The fourth-order valence-electron chi connectivity index (χ4n) is 5.53. The summed E-state index contributed by atoms with van der Waals surface area (Å²) >= 11 is 0. The van der Waals surface area contributed by atoms with Crippen LogP contribution in [0.5, 0.6) is 0 Å². The maximum atomic E-state index is 13.6. The number of hydrogen-bond donors (Lipinski definition) is 1. The zero-order valence-electron chi connectivity index (χ0n) is 16.9. The Kier molecular flexibility index (Phi) is 4.03. The first-order chi connectivity index (χ1) is 14.8. The maximum absolute atomic E-state index is 13.6. The van der Waals surface area contributed by atoms with Crippen molar-refractivity contribution in [1.82, 2.24) is 19.5 Å². The third-order valence-corrected chi connectivity index (χ3v) is 6.73. The van der Waals surface area contributed by atoms with Gasteiger partial charge in [-0.15, -0.1) is 0 Å². The summed E-state index contributed by atoms with van der Waals surface area (Å²) in [6, 6.07) is 9.07. The Labute approximate surface area is 173 Å². The molecule has 1 aliphatic heterocycles. The molecule has 2 atom stereocenters. The third-order valence-electron chi connectivity index (χ3n) is 6.73. The predicted octanol–water partition coefficient (Wildman–Crippen LogP) is 5.59. The van der Waals surface area contributed by atoms with Gasteiger partial charge in [0.2, 0.25) is 0 Å². The summed E-state index contributed by atoms with van der Waals surface area (Å²) in [4.78, 5) is 13.0. The van der Waals surface area contributed by atoms with E-state index in [-0.39, 0.29) is 5.82 Å². The summed E-state index contributed by atoms with van der Waals surface area (Å²) in [6.07, 6.45) is 8.55. The van der Waals surface area contributed by atoms with Crippen LogP contribution in [0.1, 0.15) is 48.9 Å². The summed E-state index contributed by atoms with van der Waals surface area (Å²) < 4.78 is 21.5. The molecule has 4 heterocycles. The third kappa shape index (κ3) is 2.50. The van der Waals surface area contributed by atoms with Gasteiger partial charge >= 0.3 is 0 Å². The fourth-order valence-corrected chi connectivity index (χ4v) is 5.53. The van der Waals surface area contributed by atoms with Crippen LogP contribution in [0.25, 0.3) is 33.5 Å². The lowest BCUT2D eigenvalue weighted by atomic mass is 9.79. The molecule has 6 heteroatoms. The summed E-state index contributed by atoms with van der Waals surface area (Å²) in [7, 11) is 1.74. The first-order valence-corrected chi connectivity index (χ1v) is 10.6. The summed E-state index contributed by atoms with van der Waals surface area (Å²) in [5.41, 5.74) is 7.46. The topological polar surface area (TPSA) is 55.7 Å². The number of pyridine rings is 1. The van der Waals surface area contributed by atoms with Crippen LogP contribution in [0.4, 0.5) is 4.39 Å². The SMILES string of the molecule is COCc1[nH]c2nccc3c2c1C1CCCCC1n1cnc(-c2ccc(F)cc2)c1-3. The molecular formula is C24H23FN4O. The van der Waals surface area contributed by atoms with Gasteiger partial charge in [0.05, 0.1) is 24.3 Å². The average molecular weight is 402 g/mol. The van der Waals surface area contributed by atoms with Crippen molar-refractivity contribution in [3.05, 3.63) is 59.9 Å². The number of aromatic amines is 1. The first-order valence-electron chi connectivity index (χ1n) is 10.6. The molecule has 0 bridgehead atoms. The number of H-pyrrole nitrogens is 1. The van der Waals surface area contributed by atoms with Gasteiger partial charge in [0.15, 0.2) is 0 Å². The van der Waals surface area contributed by atoms with Crippen LogP contribution in [0.3, 0.4) is 0 Å². The van der Waals surface area contributed by atoms with Crippen molar-refractivity contribution in [2.24, 2.45) is 0 Å². The van der Waals surface area contributed by atoms with Gasteiger partial charge < -0.3 is 14.3 Å². The molecule has 152 valence electrons. The predicted molar refractivity (Wildman–Crippen MR) is 114 cm³/mol. The number of rotatable bonds is 3. The molecule has 6 rings (SSSR count). The lowest BCUT2D eigenvalue weighted by Crippen LogP contribution is -2.21. The standard InChI is InChI=1S/C24H23FN4O/c1-30-12-18-20-16-4-2-3-5-19(16)29-13-27-22(14-6-8-15(25)9-7-14)23(29)17-10-11-26-24(28-18)21(17)20/h6-11,13,16,19H,2-5,12H2,1H3,(H,26,28). The number of halogens is 1. The van der Waals surface area contributed by atoms with Gasteiger partial charge in [-0.2, -0.15) is 0 Å². The van der Waals surface area contributed by atoms with Crippen LogP contribution >= 0.6 is 0 Å². The highest BCUT2D eigenvalue weighted by molar-refractivity contribution is 5.99. The monoisotopic (exact) mass is 402 g/mol. The van der Waals surface area contributed by atoms with Crippen LogP contribution < -0.4 is 0 Å². The molecule has 4 aromatic rings. The number of nitrogens with one attached hydrogen (secondary N) is 1. The highest BCUT2D eigenvalue weighted by Crippen LogP contribution is 2.52. The second-order valence-corrected chi connectivity index (χ2v) is 8.35. The van der Waals surface area contributed by atoms with Crippen LogP contribution in [0.2, 0.25) is 0 Å². The Morgan fingerprint density at radius 3 is 2.80 bits per heavy atom. The molecule has 2 aliphatic rings. The largest absolute Gasteiger partial charge is 0.378 e. The second-order valence-electron chi connectivity index (χ2n) is 8.35.